The molecule has 0 aliphatic heterocycles. The number of hydrogen-bond acceptors (Lipinski definition) is 1. The molecule has 2 heteroatoms. The summed E-state index contributed by atoms with van der Waals surface area (Å²) >= 11 is 4.23. The van der Waals surface area contributed by atoms with Gasteiger partial charge in [-0.05, 0) is 17.5 Å². The van der Waals surface area contributed by atoms with Crippen LogP contribution in [0.25, 0.3) is 0 Å². The molecule has 9 heavy (non-hydrogen) atoms. The average Bonchev–Trinajstić information content (AvgIpc) is 2.13. The molecule has 0 saturated carbocycles. The van der Waals surface area contributed by atoms with Gasteiger partial charge in [0.15, 0.2) is 0 Å². The lowest BCUT2D eigenvalue weighted by Gasteiger charge is -2.00. The first-order valence-electron chi connectivity index (χ1n) is 3.08. The number of hydrogen-bond donors (Lipinski definition) is 2. The molecule has 0 unspecified atom stereocenters. The van der Waals surface area contributed by atoms with E-state index in [-0.39, 0.29) is 0 Å². The largest absolute Gasteiger partial charge is 0.356 e. The third-order valence-electron chi connectivity index (χ3n) is 1.38. The third-order valence-corrected chi connectivity index (χ3v) is 1.77. The van der Waals surface area contributed by atoms with Crippen LogP contribution in [-0.4, -0.2) is 4.98 Å². The second-order valence-corrected chi connectivity index (χ2v) is 2.88. The molecular formula is C7H11NS. The lowest BCUT2D eigenvalue weighted by Crippen LogP contribution is -1.83. The fraction of sp³-hybridized carbons (Fsp3) is 0.429. The molecule has 0 spiro atoms. The van der Waals surface area contributed by atoms with Crippen LogP contribution in [0.1, 0.15) is 25.3 Å². The monoisotopic (exact) mass is 141 g/mol. The summed E-state index contributed by atoms with van der Waals surface area (Å²) in [7, 11) is 0. The molecule has 1 heterocycles. The molecule has 1 aromatic heterocycles. The zero-order chi connectivity index (χ0) is 6.85. The average molecular weight is 141 g/mol. The van der Waals surface area contributed by atoms with Gasteiger partial charge in [0, 0.05) is 6.20 Å². The van der Waals surface area contributed by atoms with Crippen molar-refractivity contribution in [1.82, 2.24) is 4.98 Å². The number of rotatable bonds is 1. The van der Waals surface area contributed by atoms with E-state index in [1.165, 1.54) is 5.56 Å². The van der Waals surface area contributed by atoms with Crippen LogP contribution in [-0.2, 0) is 0 Å². The highest BCUT2D eigenvalue weighted by Gasteiger charge is 2.02. The highest BCUT2D eigenvalue weighted by atomic mass is 32.1. The standard InChI is InChI=1S/C7H11NS/c1-5(2)6-3-4-8-7(6)9/h3-5,8-9H,1-2H3. The number of aromatic nitrogens is 1. The first-order chi connectivity index (χ1) is 4.22. The Morgan fingerprint density at radius 3 is 2.44 bits per heavy atom. The Balaban J connectivity index is 2.94. The molecule has 1 N–H and O–H groups in total. The Kier molecular flexibility index (Phi) is 1.86. The summed E-state index contributed by atoms with van der Waals surface area (Å²) in [5.41, 5.74) is 1.29. The maximum atomic E-state index is 4.23. The van der Waals surface area contributed by atoms with Crippen LogP contribution in [0, 0.1) is 0 Å². The Hall–Kier alpha value is -0.370. The zero-order valence-electron chi connectivity index (χ0n) is 5.68. The Morgan fingerprint density at radius 1 is 1.56 bits per heavy atom. The van der Waals surface area contributed by atoms with Crippen molar-refractivity contribution in [3.8, 4) is 0 Å². The van der Waals surface area contributed by atoms with Crippen molar-refractivity contribution >= 4 is 12.6 Å². The smallest absolute Gasteiger partial charge is 0.0725 e. The molecule has 0 radical (unpaired) electrons. The van der Waals surface area contributed by atoms with Gasteiger partial charge >= 0.3 is 0 Å². The zero-order valence-corrected chi connectivity index (χ0v) is 6.57. The number of aromatic amines is 1. The van der Waals surface area contributed by atoms with Crippen molar-refractivity contribution in [2.75, 3.05) is 0 Å². The predicted molar refractivity (Wildman–Crippen MR) is 42.1 cm³/mol. The van der Waals surface area contributed by atoms with Crippen LogP contribution in [0.4, 0.5) is 0 Å². The van der Waals surface area contributed by atoms with Gasteiger partial charge in [0.2, 0.25) is 0 Å². The van der Waals surface area contributed by atoms with E-state index in [0.29, 0.717) is 5.92 Å². The van der Waals surface area contributed by atoms with Crippen molar-refractivity contribution in [1.29, 1.82) is 0 Å². The molecule has 0 saturated heterocycles. The fourth-order valence-corrected chi connectivity index (χ4v) is 1.25. The molecule has 0 atom stereocenters. The van der Waals surface area contributed by atoms with Gasteiger partial charge < -0.3 is 4.98 Å². The van der Waals surface area contributed by atoms with Crippen molar-refractivity contribution in [3.63, 3.8) is 0 Å². The van der Waals surface area contributed by atoms with Crippen molar-refractivity contribution in [3.05, 3.63) is 17.8 Å². The molecule has 1 rings (SSSR count). The van der Waals surface area contributed by atoms with Crippen LogP contribution >= 0.6 is 12.6 Å². The van der Waals surface area contributed by atoms with Gasteiger partial charge in [0.25, 0.3) is 0 Å². The molecule has 0 aliphatic rings. The van der Waals surface area contributed by atoms with Gasteiger partial charge in [-0.15, -0.1) is 12.6 Å². The molecule has 0 aromatic carbocycles. The minimum Gasteiger partial charge on any atom is -0.356 e. The van der Waals surface area contributed by atoms with Crippen LogP contribution in [0.3, 0.4) is 0 Å². The normalized spacial score (nSPS) is 10.7. The molecule has 1 aromatic rings. The quantitative estimate of drug-likeness (QED) is 0.559. The van der Waals surface area contributed by atoms with Gasteiger partial charge in [0.05, 0.1) is 5.03 Å². The maximum Gasteiger partial charge on any atom is 0.0725 e. The van der Waals surface area contributed by atoms with Gasteiger partial charge in [-0.1, -0.05) is 13.8 Å². The summed E-state index contributed by atoms with van der Waals surface area (Å²) in [4.78, 5) is 3.01. The molecule has 0 bridgehead atoms. The van der Waals surface area contributed by atoms with Gasteiger partial charge in [-0.2, -0.15) is 0 Å². The van der Waals surface area contributed by atoms with Crippen LogP contribution in [0.15, 0.2) is 17.3 Å². The number of nitrogens with one attached hydrogen (secondary N) is 1. The predicted octanol–water partition coefficient (Wildman–Crippen LogP) is 2.43. The van der Waals surface area contributed by atoms with Gasteiger partial charge in [-0.25, -0.2) is 0 Å². The van der Waals surface area contributed by atoms with E-state index >= 15 is 0 Å². The Labute approximate surface area is 60.9 Å². The Bertz CT molecular complexity index is 191. The number of H-pyrrole nitrogens is 1. The highest BCUT2D eigenvalue weighted by molar-refractivity contribution is 7.80. The van der Waals surface area contributed by atoms with Crippen LogP contribution in [0.5, 0.6) is 0 Å². The van der Waals surface area contributed by atoms with Crippen molar-refractivity contribution in [2.24, 2.45) is 0 Å². The summed E-state index contributed by atoms with van der Waals surface area (Å²) in [6.07, 6.45) is 1.91. The molecular weight excluding hydrogens is 130 g/mol. The maximum absolute atomic E-state index is 4.23. The summed E-state index contributed by atoms with van der Waals surface area (Å²) in [6.45, 7) is 4.31. The lowest BCUT2D eigenvalue weighted by molar-refractivity contribution is 0.840. The van der Waals surface area contributed by atoms with E-state index < -0.39 is 0 Å². The van der Waals surface area contributed by atoms with Gasteiger partial charge in [0.1, 0.15) is 0 Å². The first-order valence-corrected chi connectivity index (χ1v) is 3.52. The van der Waals surface area contributed by atoms with E-state index in [1.54, 1.807) is 0 Å². The van der Waals surface area contributed by atoms with Crippen LogP contribution < -0.4 is 0 Å². The third kappa shape index (κ3) is 1.30. The van der Waals surface area contributed by atoms with E-state index in [4.69, 9.17) is 0 Å². The topological polar surface area (TPSA) is 15.8 Å². The summed E-state index contributed by atoms with van der Waals surface area (Å²) < 4.78 is 0. The minimum atomic E-state index is 0.573. The molecule has 0 fully saturated rings. The van der Waals surface area contributed by atoms with E-state index in [9.17, 15) is 0 Å². The first kappa shape index (κ1) is 6.75. The Morgan fingerprint density at radius 2 is 2.22 bits per heavy atom. The molecule has 50 valence electrons. The molecule has 0 aliphatic carbocycles. The van der Waals surface area contributed by atoms with E-state index in [2.05, 4.69) is 37.5 Å². The second-order valence-electron chi connectivity index (χ2n) is 2.44. The molecule has 1 nitrogen and oxygen atoms in total. The SMILES string of the molecule is CC(C)c1cc[nH]c1S. The van der Waals surface area contributed by atoms with E-state index in [1.807, 2.05) is 6.20 Å². The summed E-state index contributed by atoms with van der Waals surface area (Å²) in [6, 6.07) is 2.06. The molecule has 0 amide bonds. The van der Waals surface area contributed by atoms with Crippen molar-refractivity contribution < 1.29 is 0 Å². The number of thiol groups is 1. The summed E-state index contributed by atoms with van der Waals surface area (Å²) in [5.74, 6) is 0.573. The fourth-order valence-electron chi connectivity index (χ4n) is 0.839. The second kappa shape index (κ2) is 2.48. The van der Waals surface area contributed by atoms with E-state index in [0.717, 1.165) is 5.03 Å². The van der Waals surface area contributed by atoms with Gasteiger partial charge in [-0.3, -0.25) is 0 Å². The minimum absolute atomic E-state index is 0.573. The summed E-state index contributed by atoms with van der Waals surface area (Å²) in [5, 5.41) is 0.991. The lowest BCUT2D eigenvalue weighted by atomic mass is 10.1. The van der Waals surface area contributed by atoms with Crippen LogP contribution in [0.2, 0.25) is 0 Å². The highest BCUT2D eigenvalue weighted by Crippen LogP contribution is 2.20. The van der Waals surface area contributed by atoms with Crippen molar-refractivity contribution in [2.45, 2.75) is 24.8 Å².